The minimum atomic E-state index is -3.73. The van der Waals surface area contributed by atoms with Crippen molar-refractivity contribution in [1.29, 1.82) is 0 Å². The molecule has 2 aromatic heterocycles. The summed E-state index contributed by atoms with van der Waals surface area (Å²) in [4.78, 5) is 6.60. The van der Waals surface area contributed by atoms with Crippen LogP contribution in [0.1, 0.15) is 0 Å². The van der Waals surface area contributed by atoms with E-state index in [9.17, 15) is 8.42 Å². The fourth-order valence-electron chi connectivity index (χ4n) is 1.19. The molecule has 0 aliphatic heterocycles. The van der Waals surface area contributed by atoms with Crippen LogP contribution in [0.15, 0.2) is 23.4 Å². The number of pyridine rings is 1. The molecule has 3 N–H and O–H groups in total. The van der Waals surface area contributed by atoms with Crippen molar-refractivity contribution in [2.75, 3.05) is 0 Å². The van der Waals surface area contributed by atoms with Crippen LogP contribution in [0.3, 0.4) is 0 Å². The Bertz CT molecular complexity index is 590. The summed E-state index contributed by atoms with van der Waals surface area (Å²) < 4.78 is 22.2. The summed E-state index contributed by atoms with van der Waals surface area (Å²) in [6, 6.07) is 1.50. The Balaban J connectivity index is 2.87. The summed E-state index contributed by atoms with van der Waals surface area (Å²) in [7, 11) is -3.73. The SMILES string of the molecule is NS(=O)(=O)c1c[nH]c2ncc(Cl)cc12. The van der Waals surface area contributed by atoms with Crippen LogP contribution >= 0.6 is 11.6 Å². The van der Waals surface area contributed by atoms with Gasteiger partial charge in [-0.25, -0.2) is 18.5 Å². The van der Waals surface area contributed by atoms with Crippen LogP contribution in [0, 0.1) is 0 Å². The third-order valence-electron chi connectivity index (χ3n) is 1.77. The normalized spacial score (nSPS) is 12.1. The molecule has 2 aromatic rings. The Hall–Kier alpha value is -1.11. The number of hydrogen-bond acceptors (Lipinski definition) is 3. The first-order valence-corrected chi connectivity index (χ1v) is 5.56. The van der Waals surface area contributed by atoms with Crippen LogP contribution in [0.4, 0.5) is 0 Å². The highest BCUT2D eigenvalue weighted by Gasteiger charge is 2.14. The number of fused-ring (bicyclic) bond motifs is 1. The van der Waals surface area contributed by atoms with Gasteiger partial charge in [0, 0.05) is 17.8 Å². The van der Waals surface area contributed by atoms with Crippen LogP contribution in [0.25, 0.3) is 11.0 Å². The predicted molar refractivity (Wildman–Crippen MR) is 52.5 cm³/mol. The first-order chi connectivity index (χ1) is 6.48. The summed E-state index contributed by atoms with van der Waals surface area (Å²) in [6.07, 6.45) is 2.72. The molecule has 0 aliphatic carbocycles. The molecule has 0 spiro atoms. The van der Waals surface area contributed by atoms with Crippen LogP contribution in [-0.2, 0) is 10.0 Å². The molecule has 0 saturated heterocycles. The van der Waals surface area contributed by atoms with Crippen molar-refractivity contribution >= 4 is 32.7 Å². The predicted octanol–water partition coefficient (Wildman–Crippen LogP) is 0.864. The lowest BCUT2D eigenvalue weighted by Gasteiger charge is -1.94. The smallest absolute Gasteiger partial charge is 0.240 e. The van der Waals surface area contributed by atoms with Crippen molar-refractivity contribution in [3.8, 4) is 0 Å². The topological polar surface area (TPSA) is 88.8 Å². The summed E-state index contributed by atoms with van der Waals surface area (Å²) in [6.45, 7) is 0. The van der Waals surface area contributed by atoms with Gasteiger partial charge in [0.1, 0.15) is 10.5 Å². The molecule has 0 fully saturated rings. The zero-order valence-corrected chi connectivity index (χ0v) is 8.43. The third-order valence-corrected chi connectivity index (χ3v) is 2.92. The number of aromatic nitrogens is 2. The molecule has 74 valence electrons. The monoisotopic (exact) mass is 231 g/mol. The van der Waals surface area contributed by atoms with E-state index in [4.69, 9.17) is 16.7 Å². The Kier molecular flexibility index (Phi) is 1.99. The van der Waals surface area contributed by atoms with Gasteiger partial charge in [-0.05, 0) is 6.07 Å². The van der Waals surface area contributed by atoms with Gasteiger partial charge < -0.3 is 4.98 Å². The van der Waals surface area contributed by atoms with Crippen molar-refractivity contribution in [3.63, 3.8) is 0 Å². The lowest BCUT2D eigenvalue weighted by Crippen LogP contribution is -2.11. The van der Waals surface area contributed by atoms with Crippen molar-refractivity contribution in [1.82, 2.24) is 9.97 Å². The minimum Gasteiger partial charge on any atom is -0.345 e. The first kappa shape index (κ1) is 9.45. The summed E-state index contributed by atoms with van der Waals surface area (Å²) >= 11 is 5.69. The Morgan fingerprint density at radius 1 is 1.50 bits per heavy atom. The van der Waals surface area contributed by atoms with Gasteiger partial charge in [-0.3, -0.25) is 0 Å². The molecule has 0 aliphatic rings. The number of nitrogens with one attached hydrogen (secondary N) is 1. The second-order valence-electron chi connectivity index (χ2n) is 2.75. The number of hydrogen-bond donors (Lipinski definition) is 2. The fraction of sp³-hybridized carbons (Fsp3) is 0. The number of primary sulfonamides is 1. The van der Waals surface area contributed by atoms with Gasteiger partial charge in [0.25, 0.3) is 0 Å². The maximum absolute atomic E-state index is 11.1. The van der Waals surface area contributed by atoms with Crippen LogP contribution in [0.5, 0.6) is 0 Å². The zero-order valence-electron chi connectivity index (χ0n) is 6.86. The van der Waals surface area contributed by atoms with E-state index >= 15 is 0 Å². The van der Waals surface area contributed by atoms with E-state index in [1.165, 1.54) is 18.5 Å². The quantitative estimate of drug-likeness (QED) is 0.763. The molecule has 0 unspecified atom stereocenters. The second kappa shape index (κ2) is 2.94. The molecule has 0 aromatic carbocycles. The Morgan fingerprint density at radius 3 is 2.86 bits per heavy atom. The molecule has 2 heterocycles. The van der Waals surface area contributed by atoms with Crippen molar-refractivity contribution in [3.05, 3.63) is 23.5 Å². The number of halogens is 1. The number of nitrogens with zero attached hydrogens (tertiary/aromatic N) is 1. The van der Waals surface area contributed by atoms with Crippen LogP contribution in [0.2, 0.25) is 5.02 Å². The summed E-state index contributed by atoms with van der Waals surface area (Å²) in [5.74, 6) is 0. The molecular weight excluding hydrogens is 226 g/mol. The lowest BCUT2D eigenvalue weighted by molar-refractivity contribution is 0.598. The standard InChI is InChI=1S/C7H6ClN3O2S/c8-4-1-5-6(14(9,12)13)3-11-7(5)10-2-4/h1-3H,(H,10,11)(H2,9,12,13). The van der Waals surface area contributed by atoms with Gasteiger partial charge in [0.15, 0.2) is 0 Å². The first-order valence-electron chi connectivity index (χ1n) is 3.64. The number of sulfonamides is 1. The molecule has 0 bridgehead atoms. The highest BCUT2D eigenvalue weighted by Crippen LogP contribution is 2.22. The average Bonchev–Trinajstić information content (AvgIpc) is 2.45. The Morgan fingerprint density at radius 2 is 2.21 bits per heavy atom. The Labute approximate surface area is 84.9 Å². The molecule has 0 amide bonds. The molecule has 0 radical (unpaired) electrons. The van der Waals surface area contributed by atoms with Gasteiger partial charge in [0.05, 0.1) is 5.02 Å². The molecule has 7 heteroatoms. The number of nitrogens with two attached hydrogens (primary N) is 1. The van der Waals surface area contributed by atoms with E-state index in [-0.39, 0.29) is 4.90 Å². The molecule has 2 rings (SSSR count). The molecule has 5 nitrogen and oxygen atoms in total. The van der Waals surface area contributed by atoms with E-state index in [0.29, 0.717) is 16.1 Å². The number of aromatic amines is 1. The van der Waals surface area contributed by atoms with E-state index in [1.54, 1.807) is 0 Å². The summed E-state index contributed by atoms with van der Waals surface area (Å²) in [5, 5.41) is 5.76. The van der Waals surface area contributed by atoms with Crippen molar-refractivity contribution in [2.24, 2.45) is 5.14 Å². The van der Waals surface area contributed by atoms with Crippen LogP contribution in [-0.4, -0.2) is 18.4 Å². The van der Waals surface area contributed by atoms with E-state index < -0.39 is 10.0 Å². The third kappa shape index (κ3) is 1.47. The van der Waals surface area contributed by atoms with Crippen molar-refractivity contribution < 1.29 is 8.42 Å². The molecular formula is C7H6ClN3O2S. The van der Waals surface area contributed by atoms with Crippen LogP contribution < -0.4 is 5.14 Å². The fourth-order valence-corrected chi connectivity index (χ4v) is 2.03. The second-order valence-corrected chi connectivity index (χ2v) is 4.71. The average molecular weight is 232 g/mol. The van der Waals surface area contributed by atoms with Gasteiger partial charge in [-0.15, -0.1) is 0 Å². The van der Waals surface area contributed by atoms with E-state index in [2.05, 4.69) is 9.97 Å². The van der Waals surface area contributed by atoms with Crippen molar-refractivity contribution in [2.45, 2.75) is 4.90 Å². The number of rotatable bonds is 1. The number of H-pyrrole nitrogens is 1. The minimum absolute atomic E-state index is 0.00231. The highest BCUT2D eigenvalue weighted by molar-refractivity contribution is 7.89. The maximum Gasteiger partial charge on any atom is 0.240 e. The van der Waals surface area contributed by atoms with Gasteiger partial charge in [-0.2, -0.15) is 0 Å². The highest BCUT2D eigenvalue weighted by atomic mass is 35.5. The van der Waals surface area contributed by atoms with E-state index in [1.807, 2.05) is 0 Å². The lowest BCUT2D eigenvalue weighted by atomic mass is 10.3. The van der Waals surface area contributed by atoms with Gasteiger partial charge in [0.2, 0.25) is 10.0 Å². The zero-order chi connectivity index (χ0) is 10.3. The van der Waals surface area contributed by atoms with Gasteiger partial charge >= 0.3 is 0 Å². The van der Waals surface area contributed by atoms with E-state index in [0.717, 1.165) is 0 Å². The molecule has 0 atom stereocenters. The molecule has 14 heavy (non-hydrogen) atoms. The largest absolute Gasteiger partial charge is 0.345 e. The van der Waals surface area contributed by atoms with Gasteiger partial charge in [-0.1, -0.05) is 11.6 Å². The molecule has 0 saturated carbocycles. The summed E-state index contributed by atoms with van der Waals surface area (Å²) in [5.41, 5.74) is 0.443. The maximum atomic E-state index is 11.1.